The quantitative estimate of drug-likeness (QED) is 0.427. The zero-order valence-electron chi connectivity index (χ0n) is 19.3. The minimum Gasteiger partial charge on any atom is -0.364 e. The van der Waals surface area contributed by atoms with Crippen LogP contribution in [0.3, 0.4) is 0 Å². The number of hydrogen-bond acceptors (Lipinski definition) is 9. The van der Waals surface area contributed by atoms with Crippen LogP contribution in [0.4, 0.5) is 42.1 Å². The highest BCUT2D eigenvalue weighted by atomic mass is 32.2. The summed E-state index contributed by atoms with van der Waals surface area (Å²) in [7, 11) is -2.32. The van der Waals surface area contributed by atoms with Gasteiger partial charge in [0.15, 0.2) is 5.82 Å². The molecule has 0 atom stereocenters. The smallest absolute Gasteiger partial charge is 0.364 e. The standard InChI is InChI=1S/C21H21F3N8O3S/c1-11-15(28-16(10-25-11)32(2)36(3,34)35)9-26-19-13(21(22,23)24)8-27-20(31-19)29-14-6-4-5-12-7-17(33)30-18(12)14/h4-6,8,10H,7,9H2,1-3H3,(H,30,33)(H2,26,27,29,31). The van der Waals surface area contributed by atoms with Crippen molar-refractivity contribution in [3.05, 3.63) is 53.1 Å². The summed E-state index contributed by atoms with van der Waals surface area (Å²) in [4.78, 5) is 27.8. The second-order valence-corrected chi connectivity index (χ2v) is 10.0. The van der Waals surface area contributed by atoms with Crippen LogP contribution in [0.2, 0.25) is 0 Å². The van der Waals surface area contributed by atoms with E-state index in [0.717, 1.165) is 16.1 Å². The molecule has 15 heteroatoms. The Kier molecular flexibility index (Phi) is 6.43. The van der Waals surface area contributed by atoms with E-state index in [1.807, 2.05) is 0 Å². The van der Waals surface area contributed by atoms with Gasteiger partial charge in [-0.25, -0.2) is 18.4 Å². The van der Waals surface area contributed by atoms with E-state index in [-0.39, 0.29) is 36.3 Å². The fourth-order valence-corrected chi connectivity index (χ4v) is 3.82. The van der Waals surface area contributed by atoms with Crippen molar-refractivity contribution in [3.63, 3.8) is 0 Å². The molecule has 3 N–H and O–H groups in total. The van der Waals surface area contributed by atoms with Gasteiger partial charge in [0, 0.05) is 13.2 Å². The summed E-state index contributed by atoms with van der Waals surface area (Å²) in [5, 5.41) is 8.16. The summed E-state index contributed by atoms with van der Waals surface area (Å²) < 4.78 is 65.5. The van der Waals surface area contributed by atoms with Gasteiger partial charge in [-0.3, -0.25) is 14.1 Å². The van der Waals surface area contributed by atoms with Crippen LogP contribution in [0, 0.1) is 6.92 Å². The second-order valence-electron chi connectivity index (χ2n) is 7.99. The largest absolute Gasteiger partial charge is 0.421 e. The molecule has 2 aromatic heterocycles. The molecule has 0 saturated heterocycles. The van der Waals surface area contributed by atoms with E-state index < -0.39 is 27.6 Å². The maximum absolute atomic E-state index is 13.6. The van der Waals surface area contributed by atoms with Crippen molar-refractivity contribution in [2.45, 2.75) is 26.1 Å². The van der Waals surface area contributed by atoms with Crippen LogP contribution in [-0.4, -0.2) is 47.6 Å². The number of rotatable bonds is 7. The lowest BCUT2D eigenvalue weighted by Gasteiger charge is -2.18. The number of amides is 1. The van der Waals surface area contributed by atoms with Gasteiger partial charge in [-0.2, -0.15) is 18.2 Å². The molecule has 3 heterocycles. The highest BCUT2D eigenvalue weighted by Gasteiger charge is 2.35. The van der Waals surface area contributed by atoms with Gasteiger partial charge in [-0.05, 0) is 18.6 Å². The molecule has 190 valence electrons. The third kappa shape index (κ3) is 5.30. The summed E-state index contributed by atoms with van der Waals surface area (Å²) in [5.41, 5.74) is 1.20. The van der Waals surface area contributed by atoms with E-state index in [2.05, 4.69) is 35.9 Å². The fourth-order valence-electron chi connectivity index (χ4n) is 3.39. The first-order valence-electron chi connectivity index (χ1n) is 10.5. The zero-order chi connectivity index (χ0) is 26.3. The van der Waals surface area contributed by atoms with Crippen molar-refractivity contribution in [3.8, 4) is 0 Å². The highest BCUT2D eigenvalue weighted by molar-refractivity contribution is 7.92. The van der Waals surface area contributed by atoms with Crippen molar-refractivity contribution in [1.29, 1.82) is 0 Å². The number of halogens is 3. The van der Waals surface area contributed by atoms with E-state index >= 15 is 0 Å². The Labute approximate surface area is 204 Å². The van der Waals surface area contributed by atoms with E-state index in [1.54, 1.807) is 25.1 Å². The molecule has 0 aliphatic carbocycles. The predicted molar refractivity (Wildman–Crippen MR) is 126 cm³/mol. The zero-order valence-corrected chi connectivity index (χ0v) is 20.1. The average molecular weight is 523 g/mol. The van der Waals surface area contributed by atoms with E-state index in [0.29, 0.717) is 23.3 Å². The maximum Gasteiger partial charge on any atom is 0.421 e. The molecule has 1 aliphatic rings. The molecule has 4 rings (SSSR count). The first-order valence-corrected chi connectivity index (χ1v) is 12.3. The number of nitrogens with one attached hydrogen (secondary N) is 3. The lowest BCUT2D eigenvalue weighted by molar-refractivity contribution is -0.137. The Balaban J connectivity index is 1.63. The number of para-hydroxylation sites is 1. The molecule has 3 aromatic rings. The molecule has 0 unspecified atom stereocenters. The fraction of sp³-hybridized carbons (Fsp3) is 0.286. The number of benzene rings is 1. The van der Waals surface area contributed by atoms with Crippen molar-refractivity contribution in [1.82, 2.24) is 19.9 Å². The normalized spacial score (nSPS) is 13.2. The Morgan fingerprint density at radius 2 is 1.92 bits per heavy atom. The molecule has 0 spiro atoms. The van der Waals surface area contributed by atoms with Crippen molar-refractivity contribution in [2.75, 3.05) is 33.6 Å². The summed E-state index contributed by atoms with van der Waals surface area (Å²) in [6.07, 6.45) is -1.66. The molecule has 36 heavy (non-hydrogen) atoms. The minimum atomic E-state index is -4.75. The summed E-state index contributed by atoms with van der Waals surface area (Å²) >= 11 is 0. The molecule has 1 amide bonds. The lowest BCUT2D eigenvalue weighted by atomic mass is 10.1. The topological polar surface area (TPSA) is 142 Å². The number of fused-ring (bicyclic) bond motifs is 1. The second kappa shape index (κ2) is 9.22. The summed E-state index contributed by atoms with van der Waals surface area (Å²) in [5.74, 6) is -0.829. The van der Waals surface area contributed by atoms with E-state index in [1.165, 1.54) is 13.2 Å². The molecule has 0 radical (unpaired) electrons. The molecule has 1 aliphatic heterocycles. The molecule has 1 aromatic carbocycles. The van der Waals surface area contributed by atoms with Gasteiger partial charge in [0.1, 0.15) is 11.4 Å². The summed E-state index contributed by atoms with van der Waals surface area (Å²) in [6, 6.07) is 5.10. The van der Waals surface area contributed by atoms with Crippen LogP contribution in [0.5, 0.6) is 0 Å². The number of carbonyl (C=O) groups is 1. The van der Waals surface area contributed by atoms with Crippen LogP contribution in [0.15, 0.2) is 30.6 Å². The number of sulfonamides is 1. The van der Waals surface area contributed by atoms with Gasteiger partial charge in [-0.15, -0.1) is 0 Å². The molecular weight excluding hydrogens is 501 g/mol. The van der Waals surface area contributed by atoms with Crippen LogP contribution in [0.25, 0.3) is 0 Å². The molecule has 11 nitrogen and oxygen atoms in total. The first kappa shape index (κ1) is 25.1. The number of aromatic nitrogens is 4. The van der Waals surface area contributed by atoms with Gasteiger partial charge in [-0.1, -0.05) is 12.1 Å². The maximum atomic E-state index is 13.6. The van der Waals surface area contributed by atoms with Gasteiger partial charge in [0.25, 0.3) is 0 Å². The number of alkyl halides is 3. The Morgan fingerprint density at radius 3 is 2.61 bits per heavy atom. The number of aryl methyl sites for hydroxylation is 1. The summed E-state index contributed by atoms with van der Waals surface area (Å²) in [6.45, 7) is 1.37. The molecule has 0 fully saturated rings. The third-order valence-corrected chi connectivity index (χ3v) is 6.57. The number of nitrogens with zero attached hydrogens (tertiary/aromatic N) is 5. The minimum absolute atomic E-state index is 0.0148. The van der Waals surface area contributed by atoms with Crippen molar-refractivity contribution < 1.29 is 26.4 Å². The van der Waals surface area contributed by atoms with Gasteiger partial charge in [0.2, 0.25) is 21.9 Å². The molecule has 0 saturated carbocycles. The SMILES string of the molecule is Cc1ncc(N(C)S(C)(=O)=O)nc1CNc1nc(Nc2cccc3c2NC(=O)C3)ncc1C(F)(F)F. The number of carbonyl (C=O) groups excluding carboxylic acids is 1. The molecule has 0 bridgehead atoms. The van der Waals surface area contributed by atoms with Crippen LogP contribution < -0.4 is 20.3 Å². The van der Waals surface area contributed by atoms with Crippen LogP contribution in [0.1, 0.15) is 22.5 Å². The van der Waals surface area contributed by atoms with Gasteiger partial charge in [0.05, 0.1) is 48.2 Å². The number of hydrogen-bond donors (Lipinski definition) is 3. The highest BCUT2D eigenvalue weighted by Crippen LogP contribution is 2.36. The molecular formula is C21H21F3N8O3S. The predicted octanol–water partition coefficient (Wildman–Crippen LogP) is 2.84. The average Bonchev–Trinajstić information content (AvgIpc) is 3.18. The van der Waals surface area contributed by atoms with Crippen molar-refractivity contribution in [2.24, 2.45) is 0 Å². The monoisotopic (exact) mass is 522 g/mol. The Morgan fingerprint density at radius 1 is 1.17 bits per heavy atom. The van der Waals surface area contributed by atoms with Crippen LogP contribution >= 0.6 is 0 Å². The Hall–Kier alpha value is -4.01. The first-order chi connectivity index (χ1) is 16.8. The van der Waals surface area contributed by atoms with E-state index in [4.69, 9.17) is 0 Å². The Bertz CT molecular complexity index is 1450. The van der Waals surface area contributed by atoms with E-state index in [9.17, 15) is 26.4 Å². The lowest BCUT2D eigenvalue weighted by Crippen LogP contribution is -2.26. The van der Waals surface area contributed by atoms with Crippen molar-refractivity contribution >= 4 is 44.9 Å². The van der Waals surface area contributed by atoms with Gasteiger partial charge < -0.3 is 16.0 Å². The third-order valence-electron chi connectivity index (χ3n) is 5.39. The van der Waals surface area contributed by atoms with Gasteiger partial charge >= 0.3 is 6.18 Å². The van der Waals surface area contributed by atoms with Crippen LogP contribution in [-0.2, 0) is 34.0 Å². The number of anilines is 5.